The fraction of sp³-hybridized carbons (Fsp3) is 0.359. The van der Waals surface area contributed by atoms with E-state index in [4.69, 9.17) is 29.1 Å². The molecule has 1 aliphatic heterocycles. The van der Waals surface area contributed by atoms with Crippen LogP contribution in [0.1, 0.15) is 78.8 Å². The molecular formula is C39H44N4O11. The number of nitrogens with one attached hydrogen (secondary N) is 3. The van der Waals surface area contributed by atoms with E-state index < -0.39 is 35.7 Å². The fourth-order valence-electron chi connectivity index (χ4n) is 5.61. The molecular weight excluding hydrogens is 700 g/mol. The largest absolute Gasteiger partial charge is 0.461 e. The molecule has 0 radical (unpaired) electrons. The van der Waals surface area contributed by atoms with E-state index in [1.807, 2.05) is 0 Å². The molecule has 1 saturated heterocycles. The summed E-state index contributed by atoms with van der Waals surface area (Å²) in [4.78, 5) is 78.4. The number of piperidine rings is 1. The Morgan fingerprint density at radius 2 is 1.56 bits per heavy atom. The molecule has 4 rings (SSSR count). The van der Waals surface area contributed by atoms with Crippen molar-refractivity contribution in [2.75, 3.05) is 31.6 Å². The summed E-state index contributed by atoms with van der Waals surface area (Å²) in [5, 5.41) is 13.9. The minimum atomic E-state index is -0.902. The van der Waals surface area contributed by atoms with Crippen LogP contribution in [0.4, 0.5) is 10.5 Å². The molecule has 3 aromatic rings. The molecule has 0 atom stereocenters. The van der Waals surface area contributed by atoms with Crippen LogP contribution >= 0.6 is 0 Å². The van der Waals surface area contributed by atoms with Crippen molar-refractivity contribution in [3.05, 3.63) is 89.0 Å². The van der Waals surface area contributed by atoms with Gasteiger partial charge in [-0.25, -0.2) is 14.4 Å². The van der Waals surface area contributed by atoms with Gasteiger partial charge < -0.3 is 33.9 Å². The predicted molar refractivity (Wildman–Crippen MR) is 196 cm³/mol. The number of alkyl carbamates (subject to hydrolysis) is 1. The van der Waals surface area contributed by atoms with Crippen LogP contribution in [0.5, 0.6) is 11.5 Å². The van der Waals surface area contributed by atoms with Gasteiger partial charge in [0.15, 0.2) is 0 Å². The Hall–Kier alpha value is -6.09. The third kappa shape index (κ3) is 11.7. The minimum Gasteiger partial charge on any atom is -0.461 e. The first-order valence-electron chi connectivity index (χ1n) is 17.5. The molecule has 3 N–H and O–H groups in total. The maximum atomic E-state index is 13.6. The van der Waals surface area contributed by atoms with Crippen LogP contribution in [0.3, 0.4) is 0 Å². The smallest absolute Gasteiger partial charge is 0.412 e. The van der Waals surface area contributed by atoms with Gasteiger partial charge in [0, 0.05) is 43.1 Å². The van der Waals surface area contributed by atoms with Crippen LogP contribution < -0.4 is 20.1 Å². The molecule has 0 spiro atoms. The lowest BCUT2D eigenvalue weighted by Crippen LogP contribution is -2.41. The second kappa shape index (κ2) is 19.7. The van der Waals surface area contributed by atoms with Crippen LogP contribution in [0.25, 0.3) is 0 Å². The van der Waals surface area contributed by atoms with Crippen molar-refractivity contribution in [1.82, 2.24) is 10.2 Å². The number of anilines is 1. The van der Waals surface area contributed by atoms with Crippen molar-refractivity contribution in [2.45, 2.75) is 65.6 Å². The number of hydrogen-bond acceptors (Lipinski definition) is 12. The molecule has 1 aliphatic rings. The lowest BCUT2D eigenvalue weighted by molar-refractivity contribution is -0.156. The maximum Gasteiger partial charge on any atom is 0.412 e. The molecule has 0 aromatic heterocycles. The summed E-state index contributed by atoms with van der Waals surface area (Å²) in [6, 6.07) is 17.0. The van der Waals surface area contributed by atoms with E-state index in [9.17, 15) is 28.8 Å². The van der Waals surface area contributed by atoms with Gasteiger partial charge in [-0.1, -0.05) is 30.3 Å². The summed E-state index contributed by atoms with van der Waals surface area (Å²) >= 11 is 0. The Morgan fingerprint density at radius 3 is 2.22 bits per heavy atom. The lowest BCUT2D eigenvalue weighted by Gasteiger charge is -2.32. The van der Waals surface area contributed by atoms with Crippen LogP contribution in [-0.2, 0) is 35.0 Å². The third-order valence-corrected chi connectivity index (χ3v) is 8.07. The lowest BCUT2D eigenvalue weighted by atomic mass is 9.99. The first kappa shape index (κ1) is 40.7. The Labute approximate surface area is 312 Å². The first-order chi connectivity index (χ1) is 25.9. The summed E-state index contributed by atoms with van der Waals surface area (Å²) in [6.45, 7) is 6.88. The van der Waals surface area contributed by atoms with Gasteiger partial charge in [-0.15, -0.1) is 0 Å². The zero-order valence-corrected chi connectivity index (χ0v) is 30.6. The standard InChI is InChI=1S/C39H44N4O11/c1-5-50-39(49)42-36(40)30-15-17-32(54-38(48)29-13-9-10-14-31(29)53-25(4)44)28(35(30)41-37(47)26-11-7-6-8-12-26)16-18-33(45)43-21-19-27(20-22-43)51-23-34(46)52-24(2)3/h6-15,17,24,27H,5,16,18-23H2,1-4H3,(H,41,47)(H2,40,42,49). The number of amidine groups is 1. The number of esters is 3. The number of ether oxygens (including phenoxy) is 5. The molecule has 0 unspecified atom stereocenters. The summed E-state index contributed by atoms with van der Waals surface area (Å²) < 4.78 is 26.8. The van der Waals surface area contributed by atoms with Gasteiger partial charge in [0.05, 0.1) is 24.5 Å². The number of hydrogen-bond donors (Lipinski definition) is 3. The molecule has 286 valence electrons. The van der Waals surface area contributed by atoms with Crippen LogP contribution in [0.15, 0.2) is 66.7 Å². The predicted octanol–water partition coefficient (Wildman–Crippen LogP) is 5.05. The van der Waals surface area contributed by atoms with E-state index in [1.54, 1.807) is 68.1 Å². The number of rotatable bonds is 14. The molecule has 15 nitrogen and oxygen atoms in total. The van der Waals surface area contributed by atoms with Gasteiger partial charge >= 0.3 is 24.0 Å². The van der Waals surface area contributed by atoms with Crippen molar-refractivity contribution in [3.63, 3.8) is 0 Å². The van der Waals surface area contributed by atoms with Crippen molar-refractivity contribution >= 4 is 47.3 Å². The molecule has 0 aliphatic carbocycles. The van der Waals surface area contributed by atoms with E-state index in [0.29, 0.717) is 25.9 Å². The van der Waals surface area contributed by atoms with E-state index in [2.05, 4.69) is 10.6 Å². The first-order valence-corrected chi connectivity index (χ1v) is 17.5. The number of nitrogens with zero attached hydrogens (tertiary/aromatic N) is 1. The molecule has 3 aromatic carbocycles. The van der Waals surface area contributed by atoms with Gasteiger partial charge in [-0.05, 0) is 76.4 Å². The van der Waals surface area contributed by atoms with Crippen molar-refractivity contribution in [3.8, 4) is 11.5 Å². The molecule has 54 heavy (non-hydrogen) atoms. The van der Waals surface area contributed by atoms with Crippen LogP contribution in [0, 0.1) is 5.41 Å². The van der Waals surface area contributed by atoms with Crippen molar-refractivity contribution in [1.29, 1.82) is 5.41 Å². The Bertz CT molecular complexity index is 1850. The number of carbonyl (C=O) groups is 6. The second-order valence-corrected chi connectivity index (χ2v) is 12.4. The molecule has 0 bridgehead atoms. The SMILES string of the molecule is CCOC(=O)NC(=N)c1ccc(OC(=O)c2ccccc2OC(C)=O)c(CCC(=O)N2CCC(OCC(=O)OC(C)C)CC2)c1NC(=O)c1ccccc1. The van der Waals surface area contributed by atoms with E-state index in [-0.39, 0.29) is 83.6 Å². The van der Waals surface area contributed by atoms with Gasteiger partial charge in [-0.2, -0.15) is 0 Å². The highest BCUT2D eigenvalue weighted by atomic mass is 16.6. The topological polar surface area (TPSA) is 200 Å². The van der Waals surface area contributed by atoms with E-state index in [1.165, 1.54) is 31.2 Å². The monoisotopic (exact) mass is 744 g/mol. The van der Waals surface area contributed by atoms with Crippen molar-refractivity contribution in [2.24, 2.45) is 0 Å². The zero-order valence-electron chi connectivity index (χ0n) is 30.6. The summed E-state index contributed by atoms with van der Waals surface area (Å²) in [6.07, 6.45) is -0.572. The molecule has 15 heteroatoms. The Kier molecular flexibility index (Phi) is 14.8. The van der Waals surface area contributed by atoms with E-state index >= 15 is 0 Å². The van der Waals surface area contributed by atoms with Crippen molar-refractivity contribution < 1.29 is 52.5 Å². The average Bonchev–Trinajstić information content (AvgIpc) is 3.13. The highest BCUT2D eigenvalue weighted by Crippen LogP contribution is 2.34. The molecule has 0 saturated carbocycles. The fourth-order valence-corrected chi connectivity index (χ4v) is 5.61. The summed E-state index contributed by atoms with van der Waals surface area (Å²) in [7, 11) is 0. The summed E-state index contributed by atoms with van der Waals surface area (Å²) in [5.41, 5.74) is 0.450. The normalized spacial score (nSPS) is 12.7. The quantitative estimate of drug-likeness (QED) is 0.0864. The van der Waals surface area contributed by atoms with Gasteiger partial charge in [-0.3, -0.25) is 25.1 Å². The van der Waals surface area contributed by atoms with Crippen LogP contribution in [-0.4, -0.2) is 85.1 Å². The average molecular weight is 745 g/mol. The number of likely N-dealkylation sites (tertiary alicyclic amines) is 1. The number of para-hydroxylation sites is 1. The Balaban J connectivity index is 1.66. The minimum absolute atomic E-state index is 0.0115. The number of amides is 3. The molecule has 1 heterocycles. The van der Waals surface area contributed by atoms with Gasteiger partial charge in [0.2, 0.25) is 5.91 Å². The van der Waals surface area contributed by atoms with E-state index in [0.717, 1.165) is 0 Å². The molecule has 3 amide bonds. The van der Waals surface area contributed by atoms with Crippen LogP contribution in [0.2, 0.25) is 0 Å². The highest BCUT2D eigenvalue weighted by Gasteiger charge is 2.27. The second-order valence-electron chi connectivity index (χ2n) is 12.4. The third-order valence-electron chi connectivity index (χ3n) is 8.07. The maximum absolute atomic E-state index is 13.6. The zero-order chi connectivity index (χ0) is 39.2. The Morgan fingerprint density at radius 1 is 0.870 bits per heavy atom. The van der Waals surface area contributed by atoms with Gasteiger partial charge in [0.25, 0.3) is 5.91 Å². The molecule has 1 fully saturated rings. The number of benzene rings is 3. The number of carbonyl (C=O) groups excluding carboxylic acids is 6. The highest BCUT2D eigenvalue weighted by molar-refractivity contribution is 6.13. The summed E-state index contributed by atoms with van der Waals surface area (Å²) in [5.74, 6) is -3.34. The van der Waals surface area contributed by atoms with Gasteiger partial charge in [0.1, 0.15) is 29.5 Å².